The summed E-state index contributed by atoms with van der Waals surface area (Å²) in [5.41, 5.74) is 1.72. The highest BCUT2D eigenvalue weighted by molar-refractivity contribution is 6.30. The number of carbonyl (C=O) groups is 1. The summed E-state index contributed by atoms with van der Waals surface area (Å²) < 4.78 is 10.9. The Labute approximate surface area is 141 Å². The van der Waals surface area contributed by atoms with Crippen molar-refractivity contribution in [3.63, 3.8) is 0 Å². The molecule has 0 unspecified atom stereocenters. The van der Waals surface area contributed by atoms with Crippen molar-refractivity contribution in [3.8, 4) is 11.5 Å². The highest BCUT2D eigenvalue weighted by atomic mass is 35.5. The molecule has 0 atom stereocenters. The summed E-state index contributed by atoms with van der Waals surface area (Å²) in [5, 5.41) is 3.54. The van der Waals surface area contributed by atoms with E-state index < -0.39 is 0 Å². The molecule has 4 nitrogen and oxygen atoms in total. The number of hydrogen-bond donors (Lipinski definition) is 1. The number of rotatable bonds is 7. The van der Waals surface area contributed by atoms with Crippen LogP contribution in [0.4, 0.5) is 5.69 Å². The summed E-state index contributed by atoms with van der Waals surface area (Å²) in [6, 6.07) is 12.8. The Hall–Kier alpha value is -2.20. The number of amides is 1. The van der Waals surface area contributed by atoms with Gasteiger partial charge in [0.05, 0.1) is 13.7 Å². The van der Waals surface area contributed by atoms with E-state index in [0.29, 0.717) is 36.0 Å². The molecule has 0 aliphatic carbocycles. The number of nitrogens with one attached hydrogen (secondary N) is 1. The fourth-order valence-electron chi connectivity index (χ4n) is 2.13. The molecule has 23 heavy (non-hydrogen) atoms. The lowest BCUT2D eigenvalue weighted by Crippen LogP contribution is -2.13. The van der Waals surface area contributed by atoms with E-state index in [2.05, 4.69) is 5.32 Å². The highest BCUT2D eigenvalue weighted by Crippen LogP contribution is 2.26. The number of carbonyl (C=O) groups excluding carboxylic acids is 1. The molecular weight excluding hydrogens is 314 g/mol. The standard InChI is InChI=1S/C18H20ClNO3/c1-13-12-14(19)9-10-15(13)20-18(21)8-5-11-23-17-7-4-3-6-16(17)22-2/h3-4,6-7,9-10,12H,5,8,11H2,1-2H3,(H,20,21). The molecule has 0 spiro atoms. The van der Waals surface area contributed by atoms with Crippen LogP contribution in [0.2, 0.25) is 5.02 Å². The second-order valence-electron chi connectivity index (χ2n) is 5.11. The molecule has 0 fully saturated rings. The van der Waals surface area contributed by atoms with Gasteiger partial charge in [-0.15, -0.1) is 0 Å². The Bertz CT molecular complexity index is 673. The molecule has 1 amide bonds. The van der Waals surface area contributed by atoms with Crippen molar-refractivity contribution >= 4 is 23.2 Å². The van der Waals surface area contributed by atoms with Crippen LogP contribution in [0.5, 0.6) is 11.5 Å². The van der Waals surface area contributed by atoms with Gasteiger partial charge in [-0.1, -0.05) is 23.7 Å². The number of ether oxygens (including phenoxy) is 2. The maximum absolute atomic E-state index is 12.0. The van der Waals surface area contributed by atoms with Gasteiger partial charge in [0.1, 0.15) is 0 Å². The summed E-state index contributed by atoms with van der Waals surface area (Å²) in [5.74, 6) is 1.33. The van der Waals surface area contributed by atoms with Gasteiger partial charge in [0.2, 0.25) is 5.91 Å². The van der Waals surface area contributed by atoms with Gasteiger partial charge in [-0.05, 0) is 49.2 Å². The van der Waals surface area contributed by atoms with Gasteiger partial charge in [-0.2, -0.15) is 0 Å². The fourth-order valence-corrected chi connectivity index (χ4v) is 2.36. The monoisotopic (exact) mass is 333 g/mol. The van der Waals surface area contributed by atoms with Crippen LogP contribution in [0.25, 0.3) is 0 Å². The Morgan fingerprint density at radius 1 is 1.17 bits per heavy atom. The van der Waals surface area contributed by atoms with Crippen LogP contribution in [0.15, 0.2) is 42.5 Å². The van der Waals surface area contributed by atoms with Crippen molar-refractivity contribution in [2.24, 2.45) is 0 Å². The Kier molecular flexibility index (Phi) is 6.29. The zero-order valence-corrected chi connectivity index (χ0v) is 14.0. The molecule has 0 saturated heterocycles. The van der Waals surface area contributed by atoms with E-state index in [4.69, 9.17) is 21.1 Å². The van der Waals surface area contributed by atoms with Crippen LogP contribution in [-0.4, -0.2) is 19.6 Å². The van der Waals surface area contributed by atoms with E-state index in [1.165, 1.54) is 0 Å². The van der Waals surface area contributed by atoms with E-state index in [-0.39, 0.29) is 5.91 Å². The minimum Gasteiger partial charge on any atom is -0.493 e. The third-order valence-electron chi connectivity index (χ3n) is 3.34. The van der Waals surface area contributed by atoms with E-state index in [1.807, 2.05) is 37.3 Å². The summed E-state index contributed by atoms with van der Waals surface area (Å²) in [7, 11) is 1.60. The molecule has 2 rings (SSSR count). The topological polar surface area (TPSA) is 47.6 Å². The van der Waals surface area contributed by atoms with Crippen LogP contribution in [-0.2, 0) is 4.79 Å². The lowest BCUT2D eigenvalue weighted by Gasteiger charge is -2.11. The number of aryl methyl sites for hydroxylation is 1. The normalized spacial score (nSPS) is 10.2. The molecule has 0 saturated carbocycles. The number of para-hydroxylation sites is 2. The molecule has 2 aromatic carbocycles. The maximum atomic E-state index is 12.0. The van der Waals surface area contributed by atoms with Crippen LogP contribution in [0.1, 0.15) is 18.4 Å². The fraction of sp³-hybridized carbons (Fsp3) is 0.278. The SMILES string of the molecule is COc1ccccc1OCCCC(=O)Nc1ccc(Cl)cc1C. The van der Waals surface area contributed by atoms with E-state index >= 15 is 0 Å². The average Bonchev–Trinajstić information content (AvgIpc) is 2.54. The second-order valence-corrected chi connectivity index (χ2v) is 5.55. The van der Waals surface area contributed by atoms with E-state index in [9.17, 15) is 4.79 Å². The van der Waals surface area contributed by atoms with Crippen LogP contribution >= 0.6 is 11.6 Å². The molecule has 122 valence electrons. The molecule has 0 aromatic heterocycles. The lowest BCUT2D eigenvalue weighted by molar-refractivity contribution is -0.116. The first-order valence-electron chi connectivity index (χ1n) is 7.42. The zero-order chi connectivity index (χ0) is 16.7. The van der Waals surface area contributed by atoms with Gasteiger partial charge in [0.25, 0.3) is 0 Å². The van der Waals surface area contributed by atoms with Gasteiger partial charge >= 0.3 is 0 Å². The number of hydrogen-bond acceptors (Lipinski definition) is 3. The predicted molar refractivity (Wildman–Crippen MR) is 92.5 cm³/mol. The third-order valence-corrected chi connectivity index (χ3v) is 3.57. The second kappa shape index (κ2) is 8.44. The van der Waals surface area contributed by atoms with Crippen molar-refractivity contribution in [1.82, 2.24) is 0 Å². The molecule has 0 heterocycles. The van der Waals surface area contributed by atoms with E-state index in [1.54, 1.807) is 19.2 Å². The van der Waals surface area contributed by atoms with Crippen molar-refractivity contribution < 1.29 is 14.3 Å². The molecule has 1 N–H and O–H groups in total. The van der Waals surface area contributed by atoms with Crippen molar-refractivity contribution in [2.45, 2.75) is 19.8 Å². The van der Waals surface area contributed by atoms with Gasteiger partial charge < -0.3 is 14.8 Å². The predicted octanol–water partition coefficient (Wildman–Crippen LogP) is 4.45. The zero-order valence-electron chi connectivity index (χ0n) is 13.3. The Morgan fingerprint density at radius 2 is 1.91 bits per heavy atom. The van der Waals surface area contributed by atoms with Crippen LogP contribution in [0.3, 0.4) is 0 Å². The summed E-state index contributed by atoms with van der Waals surface area (Å²) in [4.78, 5) is 12.0. The lowest BCUT2D eigenvalue weighted by atomic mass is 10.2. The van der Waals surface area contributed by atoms with Crippen molar-refractivity contribution in [3.05, 3.63) is 53.1 Å². The summed E-state index contributed by atoms with van der Waals surface area (Å²) in [6.45, 7) is 2.36. The quantitative estimate of drug-likeness (QED) is 0.761. The number of benzene rings is 2. The average molecular weight is 334 g/mol. The van der Waals surface area contributed by atoms with Crippen LogP contribution < -0.4 is 14.8 Å². The molecule has 0 radical (unpaired) electrons. The summed E-state index contributed by atoms with van der Waals surface area (Å²) in [6.07, 6.45) is 1.01. The number of anilines is 1. The first-order chi connectivity index (χ1) is 11.1. The first kappa shape index (κ1) is 17.2. The third kappa shape index (κ3) is 5.18. The van der Waals surface area contributed by atoms with Gasteiger partial charge in [0.15, 0.2) is 11.5 Å². The Balaban J connectivity index is 1.76. The molecule has 0 aliphatic heterocycles. The highest BCUT2D eigenvalue weighted by Gasteiger charge is 2.06. The number of halogens is 1. The largest absolute Gasteiger partial charge is 0.493 e. The van der Waals surface area contributed by atoms with Gasteiger partial charge in [0, 0.05) is 17.1 Å². The molecule has 2 aromatic rings. The Morgan fingerprint density at radius 3 is 2.61 bits per heavy atom. The van der Waals surface area contributed by atoms with Crippen LogP contribution in [0, 0.1) is 6.92 Å². The maximum Gasteiger partial charge on any atom is 0.224 e. The van der Waals surface area contributed by atoms with E-state index in [0.717, 1.165) is 11.3 Å². The van der Waals surface area contributed by atoms with Gasteiger partial charge in [-0.3, -0.25) is 4.79 Å². The minimum atomic E-state index is -0.0425. The smallest absolute Gasteiger partial charge is 0.224 e. The minimum absolute atomic E-state index is 0.0425. The van der Waals surface area contributed by atoms with Crippen molar-refractivity contribution in [1.29, 1.82) is 0 Å². The first-order valence-corrected chi connectivity index (χ1v) is 7.80. The summed E-state index contributed by atoms with van der Waals surface area (Å²) >= 11 is 5.90. The number of methoxy groups -OCH3 is 1. The van der Waals surface area contributed by atoms with Gasteiger partial charge in [-0.25, -0.2) is 0 Å². The molecule has 5 heteroatoms. The molecular formula is C18H20ClNO3. The molecule has 0 aliphatic rings. The molecule has 0 bridgehead atoms. The van der Waals surface area contributed by atoms with Crippen molar-refractivity contribution in [2.75, 3.05) is 19.0 Å².